The molecule has 5 nitrogen and oxygen atoms in total. The lowest BCUT2D eigenvalue weighted by Crippen LogP contribution is -2.47. The summed E-state index contributed by atoms with van der Waals surface area (Å²) in [5.74, 6) is 0.294. The summed E-state index contributed by atoms with van der Waals surface area (Å²) in [4.78, 5) is 22.1. The molecule has 5 heteroatoms. The maximum absolute atomic E-state index is 12.9. The molecule has 2 aromatic rings. The van der Waals surface area contributed by atoms with E-state index in [1.54, 1.807) is 0 Å². The number of carbonyl (C=O) groups excluding carboxylic acids is 1. The molecule has 0 bridgehead atoms. The Morgan fingerprint density at radius 2 is 1.96 bits per heavy atom. The first-order valence-electron chi connectivity index (χ1n) is 10.7. The molecule has 1 atom stereocenters. The Bertz CT molecular complexity index is 836. The van der Waals surface area contributed by atoms with Crippen molar-refractivity contribution < 1.29 is 4.79 Å². The van der Waals surface area contributed by atoms with Crippen LogP contribution in [-0.4, -0.2) is 58.0 Å². The molecule has 1 aromatic carbocycles. The Kier molecular flexibility index (Phi) is 5.21. The quantitative estimate of drug-likeness (QED) is 0.808. The van der Waals surface area contributed by atoms with Gasteiger partial charge in [0.1, 0.15) is 0 Å². The van der Waals surface area contributed by atoms with E-state index in [0.29, 0.717) is 29.7 Å². The summed E-state index contributed by atoms with van der Waals surface area (Å²) in [6, 6.07) is 8.12. The maximum atomic E-state index is 12.9. The molecular formula is C23H34N4O. The highest BCUT2D eigenvalue weighted by Gasteiger charge is 2.42. The van der Waals surface area contributed by atoms with Gasteiger partial charge in [0.15, 0.2) is 0 Å². The molecule has 0 aliphatic carbocycles. The van der Waals surface area contributed by atoms with E-state index in [4.69, 9.17) is 0 Å². The smallest absolute Gasteiger partial charge is 0.224 e. The number of piperidine rings is 1. The molecule has 152 valence electrons. The molecule has 4 rings (SSSR count). The van der Waals surface area contributed by atoms with Gasteiger partial charge < -0.3 is 14.4 Å². The number of amides is 1. The van der Waals surface area contributed by atoms with E-state index in [-0.39, 0.29) is 0 Å². The number of rotatable bonds is 4. The lowest BCUT2D eigenvalue weighted by atomic mass is 9.78. The van der Waals surface area contributed by atoms with Crippen LogP contribution < -0.4 is 0 Å². The van der Waals surface area contributed by atoms with Crippen molar-refractivity contribution in [2.75, 3.05) is 32.7 Å². The second-order valence-corrected chi connectivity index (χ2v) is 10.1. The third-order valence-corrected chi connectivity index (χ3v) is 6.32. The average Bonchev–Trinajstić information content (AvgIpc) is 3.23. The third-order valence-electron chi connectivity index (χ3n) is 6.32. The lowest BCUT2D eigenvalue weighted by molar-refractivity contribution is -0.131. The van der Waals surface area contributed by atoms with E-state index in [2.05, 4.69) is 46.2 Å². The van der Waals surface area contributed by atoms with Gasteiger partial charge >= 0.3 is 0 Å². The predicted octanol–water partition coefficient (Wildman–Crippen LogP) is 3.79. The molecule has 2 saturated heterocycles. The van der Waals surface area contributed by atoms with Crippen molar-refractivity contribution in [2.45, 2.75) is 53.0 Å². The zero-order valence-corrected chi connectivity index (χ0v) is 17.7. The van der Waals surface area contributed by atoms with E-state index < -0.39 is 0 Å². The van der Waals surface area contributed by atoms with Gasteiger partial charge in [-0.05, 0) is 43.4 Å². The number of nitrogens with zero attached hydrogens (tertiary/aromatic N) is 4. The van der Waals surface area contributed by atoms with Crippen LogP contribution in [0.3, 0.4) is 0 Å². The summed E-state index contributed by atoms with van der Waals surface area (Å²) in [5, 5.41) is 0. The van der Waals surface area contributed by atoms with Crippen molar-refractivity contribution in [2.24, 2.45) is 10.8 Å². The van der Waals surface area contributed by atoms with Crippen LogP contribution in [0.5, 0.6) is 0 Å². The fourth-order valence-corrected chi connectivity index (χ4v) is 5.16. The van der Waals surface area contributed by atoms with Crippen LogP contribution in [-0.2, 0) is 11.3 Å². The zero-order chi connectivity index (χ0) is 19.8. The van der Waals surface area contributed by atoms with Crippen molar-refractivity contribution >= 4 is 16.9 Å². The van der Waals surface area contributed by atoms with Crippen LogP contribution in [0.1, 0.15) is 46.5 Å². The Morgan fingerprint density at radius 1 is 1.14 bits per heavy atom. The van der Waals surface area contributed by atoms with Gasteiger partial charge in [-0.2, -0.15) is 0 Å². The molecule has 3 heterocycles. The summed E-state index contributed by atoms with van der Waals surface area (Å²) >= 11 is 0. The van der Waals surface area contributed by atoms with Crippen LogP contribution in [0, 0.1) is 10.8 Å². The first-order chi connectivity index (χ1) is 13.3. The van der Waals surface area contributed by atoms with Gasteiger partial charge in [-0.25, -0.2) is 4.98 Å². The van der Waals surface area contributed by atoms with Crippen molar-refractivity contribution in [1.29, 1.82) is 0 Å². The molecule has 0 unspecified atom stereocenters. The number of benzene rings is 1. The number of aryl methyl sites for hydroxylation is 1. The number of para-hydroxylation sites is 2. The summed E-state index contributed by atoms with van der Waals surface area (Å²) in [6.45, 7) is 13.0. The lowest BCUT2D eigenvalue weighted by Gasteiger charge is -2.42. The molecule has 28 heavy (non-hydrogen) atoms. The molecule has 1 amide bonds. The molecule has 0 saturated carbocycles. The van der Waals surface area contributed by atoms with E-state index in [0.717, 1.165) is 43.6 Å². The van der Waals surface area contributed by atoms with Crippen LogP contribution in [0.2, 0.25) is 0 Å². The molecule has 1 spiro atoms. The molecule has 0 radical (unpaired) electrons. The minimum atomic E-state index is 0.294. The number of aromatic nitrogens is 2. The Morgan fingerprint density at radius 3 is 2.79 bits per heavy atom. The topological polar surface area (TPSA) is 41.4 Å². The Labute approximate surface area is 168 Å². The molecule has 2 aliphatic heterocycles. The van der Waals surface area contributed by atoms with Crippen molar-refractivity contribution in [3.8, 4) is 0 Å². The van der Waals surface area contributed by atoms with Gasteiger partial charge in [-0.15, -0.1) is 0 Å². The van der Waals surface area contributed by atoms with Crippen LogP contribution >= 0.6 is 0 Å². The molecule has 1 aromatic heterocycles. The normalized spacial score (nSPS) is 23.8. The summed E-state index contributed by atoms with van der Waals surface area (Å²) in [6.07, 6.45) is 6.10. The largest absolute Gasteiger partial charge is 0.342 e. The Balaban J connectivity index is 1.34. The highest BCUT2D eigenvalue weighted by Crippen LogP contribution is 2.39. The number of hydrogen-bond donors (Lipinski definition) is 0. The highest BCUT2D eigenvalue weighted by atomic mass is 16.2. The van der Waals surface area contributed by atoms with E-state index >= 15 is 0 Å². The average molecular weight is 383 g/mol. The van der Waals surface area contributed by atoms with Crippen molar-refractivity contribution in [1.82, 2.24) is 19.4 Å². The zero-order valence-electron chi connectivity index (χ0n) is 17.7. The van der Waals surface area contributed by atoms with Crippen molar-refractivity contribution in [3.05, 3.63) is 30.6 Å². The van der Waals surface area contributed by atoms with Crippen molar-refractivity contribution in [3.63, 3.8) is 0 Å². The Hall–Kier alpha value is -1.88. The molecule has 0 N–H and O–H groups in total. The summed E-state index contributed by atoms with van der Waals surface area (Å²) < 4.78 is 2.10. The van der Waals surface area contributed by atoms with Crippen LogP contribution in [0.15, 0.2) is 30.6 Å². The van der Waals surface area contributed by atoms with E-state index in [9.17, 15) is 4.79 Å². The minimum absolute atomic E-state index is 0.294. The van der Waals surface area contributed by atoms with Gasteiger partial charge in [-0.3, -0.25) is 4.79 Å². The maximum Gasteiger partial charge on any atom is 0.224 e. The number of likely N-dealkylation sites (tertiary alicyclic amines) is 2. The fraction of sp³-hybridized carbons (Fsp3) is 0.652. The molecule has 2 fully saturated rings. The fourth-order valence-electron chi connectivity index (χ4n) is 5.16. The van der Waals surface area contributed by atoms with Gasteiger partial charge in [0.2, 0.25) is 5.91 Å². The minimum Gasteiger partial charge on any atom is -0.342 e. The summed E-state index contributed by atoms with van der Waals surface area (Å²) in [7, 11) is 0. The van der Waals surface area contributed by atoms with E-state index in [1.165, 1.54) is 19.4 Å². The van der Waals surface area contributed by atoms with Gasteiger partial charge in [0, 0.05) is 44.6 Å². The molecule has 2 aliphatic rings. The monoisotopic (exact) mass is 382 g/mol. The van der Waals surface area contributed by atoms with Crippen LogP contribution in [0.4, 0.5) is 0 Å². The predicted molar refractivity (Wildman–Crippen MR) is 113 cm³/mol. The first-order valence-corrected chi connectivity index (χ1v) is 10.7. The number of hydrogen-bond acceptors (Lipinski definition) is 3. The standard InChI is InChI=1S/C23H34N4O/c1-22(2,3)15-25-12-6-10-23(16-25)11-14-26(17-23)21(28)9-13-27-18-24-19-7-4-5-8-20(19)27/h4-5,7-8,18H,6,9-17H2,1-3H3/t23-/m1/s1. The van der Waals surface area contributed by atoms with Gasteiger partial charge in [0.25, 0.3) is 0 Å². The van der Waals surface area contributed by atoms with Gasteiger partial charge in [0.05, 0.1) is 17.4 Å². The first kappa shape index (κ1) is 19.4. The SMILES string of the molecule is CC(C)(C)CN1CCC[C@@]2(CCN(C(=O)CCn3cnc4ccccc43)C2)C1. The van der Waals surface area contributed by atoms with Crippen LogP contribution in [0.25, 0.3) is 11.0 Å². The second kappa shape index (κ2) is 7.51. The third kappa shape index (κ3) is 4.24. The number of carbonyl (C=O) groups is 1. The second-order valence-electron chi connectivity index (χ2n) is 10.1. The molecular weight excluding hydrogens is 348 g/mol. The number of fused-ring (bicyclic) bond motifs is 1. The highest BCUT2D eigenvalue weighted by molar-refractivity contribution is 5.78. The van der Waals surface area contributed by atoms with E-state index in [1.807, 2.05) is 24.5 Å². The summed E-state index contributed by atoms with van der Waals surface area (Å²) in [5.41, 5.74) is 2.76. The van der Waals surface area contributed by atoms with Gasteiger partial charge in [-0.1, -0.05) is 32.9 Å². The number of imidazole rings is 1.